The minimum atomic E-state index is -0.706. The van der Waals surface area contributed by atoms with E-state index in [1.165, 1.54) is 12.1 Å². The van der Waals surface area contributed by atoms with Crippen molar-refractivity contribution < 1.29 is 23.5 Å². The van der Waals surface area contributed by atoms with Crippen LogP contribution in [0.25, 0.3) is 0 Å². The second-order valence-corrected chi connectivity index (χ2v) is 9.09. The molecule has 2 aliphatic heterocycles. The molecule has 0 bridgehead atoms. The number of hydrogen-bond donors (Lipinski definition) is 1. The van der Waals surface area contributed by atoms with Crippen LogP contribution >= 0.6 is 0 Å². The number of fused-ring (bicyclic) bond motifs is 1. The molecule has 2 unspecified atom stereocenters. The Morgan fingerprint density at radius 3 is 2.44 bits per heavy atom. The van der Waals surface area contributed by atoms with Gasteiger partial charge >= 0.3 is 0 Å². The summed E-state index contributed by atoms with van der Waals surface area (Å²) in [5.74, 6) is -0.114. The quantitative estimate of drug-likeness (QED) is 0.704. The zero-order valence-corrected chi connectivity index (χ0v) is 19.9. The fourth-order valence-corrected chi connectivity index (χ4v) is 4.42. The van der Waals surface area contributed by atoms with Gasteiger partial charge in [0.05, 0.1) is 19.3 Å². The maximum Gasteiger partial charge on any atom is 0.275 e. The van der Waals surface area contributed by atoms with Gasteiger partial charge in [0.2, 0.25) is 5.91 Å². The summed E-state index contributed by atoms with van der Waals surface area (Å²) in [4.78, 5) is 27.5. The van der Waals surface area contributed by atoms with E-state index in [0.29, 0.717) is 38.6 Å². The van der Waals surface area contributed by atoms with Crippen molar-refractivity contribution in [2.45, 2.75) is 39.3 Å². The summed E-state index contributed by atoms with van der Waals surface area (Å²) in [5.41, 5.74) is 5.76. The van der Waals surface area contributed by atoms with Crippen molar-refractivity contribution in [1.29, 1.82) is 0 Å². The molecule has 2 amide bonds. The predicted molar refractivity (Wildman–Crippen MR) is 126 cm³/mol. The summed E-state index contributed by atoms with van der Waals surface area (Å²) in [6, 6.07) is 11.7. The van der Waals surface area contributed by atoms with Crippen molar-refractivity contribution in [1.82, 2.24) is 15.3 Å². The van der Waals surface area contributed by atoms with E-state index in [0.717, 1.165) is 23.1 Å². The smallest absolute Gasteiger partial charge is 0.275 e. The monoisotopic (exact) mass is 469 g/mol. The number of benzene rings is 2. The van der Waals surface area contributed by atoms with Gasteiger partial charge in [-0.3, -0.25) is 15.0 Å². The average molecular weight is 470 g/mol. The molecule has 2 aromatic carbocycles. The van der Waals surface area contributed by atoms with E-state index in [1.54, 1.807) is 19.1 Å². The highest BCUT2D eigenvalue weighted by Crippen LogP contribution is 2.38. The molecule has 1 saturated heterocycles. The first-order valence-electron chi connectivity index (χ1n) is 11.8. The molecule has 0 aliphatic carbocycles. The van der Waals surface area contributed by atoms with Gasteiger partial charge in [0.25, 0.3) is 5.91 Å². The van der Waals surface area contributed by atoms with Crippen LogP contribution in [-0.2, 0) is 20.7 Å². The minimum absolute atomic E-state index is 0.0459. The molecule has 0 saturated carbocycles. The molecule has 1 fully saturated rings. The summed E-state index contributed by atoms with van der Waals surface area (Å²) in [7, 11) is 0. The summed E-state index contributed by atoms with van der Waals surface area (Å²) in [5, 5.41) is 1.83. The maximum absolute atomic E-state index is 13.6. The molecule has 2 aliphatic rings. The van der Waals surface area contributed by atoms with Gasteiger partial charge in [-0.05, 0) is 54.3 Å². The first kappa shape index (κ1) is 24.2. The number of carbonyl (C=O) groups excluding carboxylic acids is 2. The second kappa shape index (κ2) is 10.5. The molecule has 4 rings (SSSR count). The first-order valence-corrected chi connectivity index (χ1v) is 11.8. The fourth-order valence-electron chi connectivity index (χ4n) is 4.42. The number of halogens is 1. The van der Waals surface area contributed by atoms with Crippen molar-refractivity contribution in [2.24, 2.45) is 5.92 Å². The number of rotatable bonds is 6. The lowest BCUT2D eigenvalue weighted by Gasteiger charge is -2.39. The van der Waals surface area contributed by atoms with Gasteiger partial charge in [0, 0.05) is 25.6 Å². The van der Waals surface area contributed by atoms with E-state index in [-0.39, 0.29) is 29.6 Å². The molecule has 7 nitrogen and oxygen atoms in total. The number of morpholine rings is 1. The number of nitrogens with zero attached hydrogens (tertiary/aromatic N) is 2. The Hall–Kier alpha value is -2.97. The molecule has 34 heavy (non-hydrogen) atoms. The standard InChI is InChI=1S/C26H32FN3O4/c1-17(2)26(32)30-11-10-19-6-9-22(16-23(19)24(30)20-4-7-21(27)8-5-20)34-18(3)25(31)28-29-12-14-33-15-13-29/h4-9,16-18,24H,10-15H2,1-3H3,(H,28,31). The summed E-state index contributed by atoms with van der Waals surface area (Å²) in [6.07, 6.45) is 0.0147. The molecule has 2 aromatic rings. The Labute approximate surface area is 199 Å². The normalized spacial score (nSPS) is 19.4. The van der Waals surface area contributed by atoms with Crippen LogP contribution in [-0.4, -0.2) is 60.7 Å². The van der Waals surface area contributed by atoms with Gasteiger partial charge in [0.1, 0.15) is 11.6 Å². The average Bonchev–Trinajstić information content (AvgIpc) is 2.84. The molecular weight excluding hydrogens is 437 g/mol. The highest BCUT2D eigenvalue weighted by Gasteiger charge is 2.33. The number of nitrogens with one attached hydrogen (secondary N) is 1. The topological polar surface area (TPSA) is 71.1 Å². The van der Waals surface area contributed by atoms with Crippen molar-refractivity contribution in [3.05, 3.63) is 65.0 Å². The zero-order chi connectivity index (χ0) is 24.2. The van der Waals surface area contributed by atoms with Crippen LogP contribution in [0.4, 0.5) is 4.39 Å². The summed E-state index contributed by atoms with van der Waals surface area (Å²) in [6.45, 7) is 8.49. The predicted octanol–water partition coefficient (Wildman–Crippen LogP) is 3.09. The lowest BCUT2D eigenvalue weighted by molar-refractivity contribution is -0.136. The van der Waals surface area contributed by atoms with E-state index in [9.17, 15) is 14.0 Å². The molecule has 2 heterocycles. The Morgan fingerprint density at radius 1 is 1.06 bits per heavy atom. The van der Waals surface area contributed by atoms with E-state index in [4.69, 9.17) is 9.47 Å². The van der Waals surface area contributed by atoms with Crippen LogP contribution < -0.4 is 10.2 Å². The lowest BCUT2D eigenvalue weighted by atomic mass is 9.87. The Kier molecular flexibility index (Phi) is 7.48. The summed E-state index contributed by atoms with van der Waals surface area (Å²) >= 11 is 0. The van der Waals surface area contributed by atoms with E-state index in [2.05, 4.69) is 5.43 Å². The van der Waals surface area contributed by atoms with Gasteiger partial charge in [-0.25, -0.2) is 9.40 Å². The zero-order valence-electron chi connectivity index (χ0n) is 19.9. The molecule has 0 spiro atoms. The third-order valence-electron chi connectivity index (χ3n) is 6.27. The van der Waals surface area contributed by atoms with Gasteiger partial charge in [0.15, 0.2) is 6.10 Å². The number of hydrogen-bond acceptors (Lipinski definition) is 5. The third kappa shape index (κ3) is 5.39. The highest BCUT2D eigenvalue weighted by atomic mass is 19.1. The van der Waals surface area contributed by atoms with Crippen LogP contribution in [0.2, 0.25) is 0 Å². The largest absolute Gasteiger partial charge is 0.481 e. The van der Waals surface area contributed by atoms with E-state index >= 15 is 0 Å². The van der Waals surface area contributed by atoms with Crippen molar-refractivity contribution in [3.8, 4) is 5.75 Å². The van der Waals surface area contributed by atoms with Crippen LogP contribution in [0.5, 0.6) is 5.75 Å². The van der Waals surface area contributed by atoms with E-state index in [1.807, 2.05) is 42.0 Å². The van der Waals surface area contributed by atoms with Gasteiger partial charge < -0.3 is 14.4 Å². The Bertz CT molecular complexity index is 1020. The molecule has 0 aromatic heterocycles. The molecule has 1 N–H and O–H groups in total. The number of hydrazine groups is 1. The van der Waals surface area contributed by atoms with Gasteiger partial charge in [-0.2, -0.15) is 0 Å². The Morgan fingerprint density at radius 2 is 1.76 bits per heavy atom. The van der Waals surface area contributed by atoms with Crippen LogP contribution in [0.1, 0.15) is 43.5 Å². The van der Waals surface area contributed by atoms with E-state index < -0.39 is 6.10 Å². The molecule has 0 radical (unpaired) electrons. The summed E-state index contributed by atoms with van der Waals surface area (Å²) < 4.78 is 24.9. The van der Waals surface area contributed by atoms with Gasteiger partial charge in [-0.1, -0.05) is 32.0 Å². The lowest BCUT2D eigenvalue weighted by Crippen LogP contribution is -2.51. The van der Waals surface area contributed by atoms with Crippen molar-refractivity contribution >= 4 is 11.8 Å². The van der Waals surface area contributed by atoms with Crippen molar-refractivity contribution in [2.75, 3.05) is 32.8 Å². The van der Waals surface area contributed by atoms with Gasteiger partial charge in [-0.15, -0.1) is 0 Å². The van der Waals surface area contributed by atoms with Crippen molar-refractivity contribution in [3.63, 3.8) is 0 Å². The maximum atomic E-state index is 13.6. The van der Waals surface area contributed by atoms with Crippen LogP contribution in [0.3, 0.4) is 0 Å². The number of amides is 2. The highest BCUT2D eigenvalue weighted by molar-refractivity contribution is 5.80. The molecule has 8 heteroatoms. The molecule has 182 valence electrons. The Balaban J connectivity index is 1.58. The third-order valence-corrected chi connectivity index (χ3v) is 6.27. The first-order chi connectivity index (χ1) is 16.3. The SMILES string of the molecule is CC(C)C(=O)N1CCc2ccc(OC(C)C(=O)NN3CCOCC3)cc2C1c1ccc(F)cc1. The van der Waals surface area contributed by atoms with Crippen LogP contribution in [0, 0.1) is 11.7 Å². The number of carbonyl (C=O) groups is 2. The molecular formula is C26H32FN3O4. The minimum Gasteiger partial charge on any atom is -0.481 e. The molecule has 2 atom stereocenters. The fraction of sp³-hybridized carbons (Fsp3) is 0.462. The van der Waals surface area contributed by atoms with Crippen LogP contribution in [0.15, 0.2) is 42.5 Å². The number of ether oxygens (including phenoxy) is 2. The second-order valence-electron chi connectivity index (χ2n) is 9.09.